The highest BCUT2D eigenvalue weighted by molar-refractivity contribution is 5.94. The molecule has 7 nitrogen and oxygen atoms in total. The van der Waals surface area contributed by atoms with Gasteiger partial charge in [-0.25, -0.2) is 9.48 Å². The Morgan fingerprint density at radius 1 is 1.00 bits per heavy atom. The first-order valence-electron chi connectivity index (χ1n) is 8.71. The molecule has 0 aliphatic carbocycles. The zero-order valence-electron chi connectivity index (χ0n) is 15.4. The summed E-state index contributed by atoms with van der Waals surface area (Å²) in [6.45, 7) is 7.49. The summed E-state index contributed by atoms with van der Waals surface area (Å²) in [5.74, 6) is -0.0270. The van der Waals surface area contributed by atoms with Crippen molar-refractivity contribution < 1.29 is 14.3 Å². The second-order valence-corrected chi connectivity index (χ2v) is 7.26. The van der Waals surface area contributed by atoms with Crippen LogP contribution in [0.25, 0.3) is 5.69 Å². The largest absolute Gasteiger partial charge is 0.444 e. The van der Waals surface area contributed by atoms with E-state index in [1.54, 1.807) is 32.8 Å². The van der Waals surface area contributed by atoms with Crippen LogP contribution in [0.4, 0.5) is 4.79 Å². The lowest BCUT2D eigenvalue weighted by Crippen LogP contribution is -2.51. The molecule has 1 aromatic carbocycles. The van der Waals surface area contributed by atoms with E-state index in [-0.39, 0.29) is 12.0 Å². The van der Waals surface area contributed by atoms with Crippen LogP contribution in [0, 0.1) is 0 Å². The number of aromatic nitrogens is 2. The Hall–Kier alpha value is -2.83. The summed E-state index contributed by atoms with van der Waals surface area (Å²) in [5, 5.41) is 4.17. The van der Waals surface area contributed by atoms with Gasteiger partial charge in [-0.1, -0.05) is 0 Å². The van der Waals surface area contributed by atoms with Gasteiger partial charge < -0.3 is 14.5 Å². The van der Waals surface area contributed by atoms with Crippen LogP contribution in [0.3, 0.4) is 0 Å². The van der Waals surface area contributed by atoms with E-state index >= 15 is 0 Å². The summed E-state index contributed by atoms with van der Waals surface area (Å²) in [6.07, 6.45) is 3.24. The fourth-order valence-electron chi connectivity index (χ4n) is 2.78. The van der Waals surface area contributed by atoms with Crippen molar-refractivity contribution in [3.8, 4) is 5.69 Å². The molecule has 1 aromatic heterocycles. The van der Waals surface area contributed by atoms with E-state index in [0.717, 1.165) is 5.69 Å². The molecular weight excluding hydrogens is 332 g/mol. The highest BCUT2D eigenvalue weighted by Crippen LogP contribution is 2.15. The van der Waals surface area contributed by atoms with Crippen molar-refractivity contribution >= 4 is 12.0 Å². The molecule has 26 heavy (non-hydrogen) atoms. The summed E-state index contributed by atoms with van der Waals surface area (Å²) >= 11 is 0. The first-order valence-corrected chi connectivity index (χ1v) is 8.71. The second kappa shape index (κ2) is 7.19. The number of ether oxygens (including phenoxy) is 1. The molecule has 0 unspecified atom stereocenters. The van der Waals surface area contributed by atoms with Crippen molar-refractivity contribution in [1.82, 2.24) is 19.6 Å². The van der Waals surface area contributed by atoms with Crippen molar-refractivity contribution in [1.29, 1.82) is 0 Å². The lowest BCUT2D eigenvalue weighted by atomic mass is 10.1. The summed E-state index contributed by atoms with van der Waals surface area (Å²) < 4.78 is 7.13. The summed E-state index contributed by atoms with van der Waals surface area (Å²) in [6, 6.07) is 9.21. The first-order chi connectivity index (χ1) is 12.3. The number of amides is 2. The number of carbonyl (C=O) groups excluding carboxylic acids is 2. The Balaban J connectivity index is 1.57. The third-order valence-corrected chi connectivity index (χ3v) is 4.10. The van der Waals surface area contributed by atoms with Crippen LogP contribution in [0.1, 0.15) is 31.1 Å². The van der Waals surface area contributed by atoms with Crippen molar-refractivity contribution in [2.24, 2.45) is 0 Å². The number of piperazine rings is 1. The SMILES string of the molecule is CC(C)(C)OC(=O)N1CCN(C(=O)c2ccc(-n3cccn3)cc2)CC1. The third-order valence-electron chi connectivity index (χ3n) is 4.10. The normalized spacial score (nSPS) is 15.0. The van der Waals surface area contributed by atoms with Gasteiger partial charge in [-0.15, -0.1) is 0 Å². The Bertz CT molecular complexity index is 755. The maximum Gasteiger partial charge on any atom is 0.410 e. The average molecular weight is 356 g/mol. The van der Waals surface area contributed by atoms with Crippen LogP contribution in [-0.4, -0.2) is 63.4 Å². The van der Waals surface area contributed by atoms with Crippen LogP contribution in [0.5, 0.6) is 0 Å². The van der Waals surface area contributed by atoms with E-state index in [4.69, 9.17) is 4.74 Å². The predicted octanol–water partition coefficient (Wildman–Crippen LogP) is 2.57. The highest BCUT2D eigenvalue weighted by Gasteiger charge is 2.28. The molecule has 0 bridgehead atoms. The van der Waals surface area contributed by atoms with Gasteiger partial charge in [0.25, 0.3) is 5.91 Å². The molecule has 2 amide bonds. The van der Waals surface area contributed by atoms with Crippen LogP contribution in [0.15, 0.2) is 42.7 Å². The molecular formula is C19H24N4O3. The van der Waals surface area contributed by atoms with E-state index in [1.807, 2.05) is 45.2 Å². The number of hydrogen-bond acceptors (Lipinski definition) is 4. The van der Waals surface area contributed by atoms with Crippen LogP contribution in [-0.2, 0) is 4.74 Å². The quantitative estimate of drug-likeness (QED) is 0.829. The Labute approximate surface area is 153 Å². The third kappa shape index (κ3) is 4.22. The molecule has 2 heterocycles. The topological polar surface area (TPSA) is 67.7 Å². The standard InChI is InChI=1S/C19H24N4O3/c1-19(2,3)26-18(25)22-13-11-21(12-14-22)17(24)15-5-7-16(8-6-15)23-10-4-9-20-23/h4-10H,11-14H2,1-3H3. The monoisotopic (exact) mass is 356 g/mol. The maximum atomic E-state index is 12.7. The molecule has 7 heteroatoms. The van der Waals surface area contributed by atoms with E-state index in [2.05, 4.69) is 5.10 Å². The molecule has 138 valence electrons. The molecule has 0 spiro atoms. The molecule has 2 aromatic rings. The predicted molar refractivity (Wildman–Crippen MR) is 97.3 cm³/mol. The molecule has 1 fully saturated rings. The van der Waals surface area contributed by atoms with Crippen molar-refractivity contribution in [2.45, 2.75) is 26.4 Å². The van der Waals surface area contributed by atoms with Crippen LogP contribution >= 0.6 is 0 Å². The van der Waals surface area contributed by atoms with Gasteiger partial charge in [0.1, 0.15) is 5.60 Å². The minimum absolute atomic E-state index is 0.0270. The molecule has 0 saturated carbocycles. The van der Waals surface area contributed by atoms with Gasteiger partial charge in [-0.2, -0.15) is 5.10 Å². The highest BCUT2D eigenvalue weighted by atomic mass is 16.6. The summed E-state index contributed by atoms with van der Waals surface area (Å²) in [7, 11) is 0. The van der Waals surface area contributed by atoms with Gasteiger partial charge in [0.2, 0.25) is 0 Å². The fraction of sp³-hybridized carbons (Fsp3) is 0.421. The molecule has 1 aliphatic heterocycles. The zero-order valence-corrected chi connectivity index (χ0v) is 15.4. The number of benzene rings is 1. The van der Waals surface area contributed by atoms with E-state index in [0.29, 0.717) is 31.7 Å². The van der Waals surface area contributed by atoms with E-state index in [1.165, 1.54) is 0 Å². The van der Waals surface area contributed by atoms with Gasteiger partial charge in [0.15, 0.2) is 0 Å². The van der Waals surface area contributed by atoms with Crippen molar-refractivity contribution in [3.05, 3.63) is 48.3 Å². The van der Waals surface area contributed by atoms with Crippen LogP contribution in [0.2, 0.25) is 0 Å². The van der Waals surface area contributed by atoms with Crippen molar-refractivity contribution in [3.63, 3.8) is 0 Å². The van der Waals surface area contributed by atoms with Crippen molar-refractivity contribution in [2.75, 3.05) is 26.2 Å². The Morgan fingerprint density at radius 2 is 1.62 bits per heavy atom. The van der Waals surface area contributed by atoms with Gasteiger partial charge in [0, 0.05) is 44.1 Å². The smallest absolute Gasteiger partial charge is 0.410 e. The molecule has 1 aliphatic rings. The van der Waals surface area contributed by atoms with Gasteiger partial charge in [-0.05, 0) is 51.1 Å². The molecule has 0 radical (unpaired) electrons. The number of hydrogen-bond donors (Lipinski definition) is 0. The maximum absolute atomic E-state index is 12.7. The Kier molecular flexibility index (Phi) is 4.97. The van der Waals surface area contributed by atoms with Crippen LogP contribution < -0.4 is 0 Å². The zero-order chi connectivity index (χ0) is 18.7. The molecule has 0 N–H and O–H groups in total. The lowest BCUT2D eigenvalue weighted by Gasteiger charge is -2.35. The molecule has 1 saturated heterocycles. The van der Waals surface area contributed by atoms with Gasteiger partial charge >= 0.3 is 6.09 Å². The summed E-state index contributed by atoms with van der Waals surface area (Å²) in [5.41, 5.74) is 1.02. The lowest BCUT2D eigenvalue weighted by molar-refractivity contribution is 0.0141. The van der Waals surface area contributed by atoms with E-state index in [9.17, 15) is 9.59 Å². The van der Waals surface area contributed by atoms with Gasteiger partial charge in [-0.3, -0.25) is 4.79 Å². The van der Waals surface area contributed by atoms with Gasteiger partial charge in [0.05, 0.1) is 5.69 Å². The number of rotatable bonds is 2. The molecule has 0 atom stereocenters. The second-order valence-electron chi connectivity index (χ2n) is 7.26. The Morgan fingerprint density at radius 3 is 2.15 bits per heavy atom. The minimum Gasteiger partial charge on any atom is -0.444 e. The van der Waals surface area contributed by atoms with E-state index < -0.39 is 5.60 Å². The minimum atomic E-state index is -0.514. The first kappa shape index (κ1) is 18.0. The summed E-state index contributed by atoms with van der Waals surface area (Å²) in [4.78, 5) is 28.2. The fourth-order valence-corrected chi connectivity index (χ4v) is 2.78. The number of carbonyl (C=O) groups is 2. The molecule has 3 rings (SSSR count). The average Bonchev–Trinajstić information content (AvgIpc) is 3.14. The number of nitrogens with zero attached hydrogens (tertiary/aromatic N) is 4.